The van der Waals surface area contributed by atoms with Crippen LogP contribution in [0, 0.1) is 11.3 Å². The minimum atomic E-state index is 0.00824. The second kappa shape index (κ2) is 5.26. The predicted molar refractivity (Wildman–Crippen MR) is 72.6 cm³/mol. The molecule has 102 valence electrons. The molecule has 0 atom stereocenters. The third kappa shape index (κ3) is 2.62. The first-order valence-corrected chi connectivity index (χ1v) is 5.93. The Balaban J connectivity index is 1.98. The highest BCUT2D eigenvalue weighted by Crippen LogP contribution is 2.22. The number of nitriles is 1. The fraction of sp³-hybridized carbons (Fsp3) is 0. The highest BCUT2D eigenvalue weighted by atomic mass is 16.5. The molecule has 8 heteroatoms. The van der Waals surface area contributed by atoms with Crippen molar-refractivity contribution in [2.75, 3.05) is 5.73 Å². The summed E-state index contributed by atoms with van der Waals surface area (Å²) in [6.07, 6.45) is 4.79. The topological polar surface area (TPSA) is 116 Å². The Labute approximate surface area is 119 Å². The monoisotopic (exact) mass is 279 g/mol. The molecule has 0 aliphatic carbocycles. The van der Waals surface area contributed by atoms with Gasteiger partial charge in [-0.25, -0.2) is 4.98 Å². The van der Waals surface area contributed by atoms with Gasteiger partial charge in [0.05, 0.1) is 5.56 Å². The average Bonchev–Trinajstić information content (AvgIpc) is 3.01. The SMILES string of the molecule is N#Cc1ccccc1Oc1nc(N)nc(-n2ccnc2)n1. The van der Waals surface area contributed by atoms with E-state index >= 15 is 0 Å². The third-order valence-corrected chi connectivity index (χ3v) is 2.56. The smallest absolute Gasteiger partial charge is 0.328 e. The van der Waals surface area contributed by atoms with Crippen LogP contribution in [0.15, 0.2) is 43.0 Å². The minimum absolute atomic E-state index is 0.00824. The van der Waals surface area contributed by atoms with Gasteiger partial charge in [-0.1, -0.05) is 12.1 Å². The molecule has 0 aliphatic heterocycles. The minimum Gasteiger partial charge on any atom is -0.423 e. The van der Waals surface area contributed by atoms with Crippen molar-refractivity contribution in [3.05, 3.63) is 48.5 Å². The van der Waals surface area contributed by atoms with Gasteiger partial charge in [0, 0.05) is 12.4 Å². The molecule has 0 aliphatic rings. The first-order valence-electron chi connectivity index (χ1n) is 5.93. The first-order chi connectivity index (χ1) is 10.3. The highest BCUT2D eigenvalue weighted by molar-refractivity contribution is 5.44. The van der Waals surface area contributed by atoms with Crippen LogP contribution in [0.25, 0.3) is 5.95 Å². The molecule has 3 aromatic rings. The standard InChI is InChI=1S/C13H9N7O/c14-7-9-3-1-2-4-10(9)21-13-18-11(15)17-12(19-13)20-6-5-16-8-20/h1-6,8H,(H2,15,17,18,19). The van der Waals surface area contributed by atoms with E-state index in [2.05, 4.69) is 19.9 Å². The van der Waals surface area contributed by atoms with Crippen molar-refractivity contribution in [3.63, 3.8) is 0 Å². The quantitative estimate of drug-likeness (QED) is 0.768. The maximum Gasteiger partial charge on any atom is 0.328 e. The summed E-state index contributed by atoms with van der Waals surface area (Å²) in [7, 11) is 0. The van der Waals surface area contributed by atoms with E-state index in [0.717, 1.165) is 0 Å². The van der Waals surface area contributed by atoms with Gasteiger partial charge in [0.15, 0.2) is 0 Å². The molecular formula is C13H9N7O. The Morgan fingerprint density at radius 2 is 2.05 bits per heavy atom. The summed E-state index contributed by atoms with van der Waals surface area (Å²) in [5.41, 5.74) is 6.02. The number of nitrogens with zero attached hydrogens (tertiary/aromatic N) is 6. The van der Waals surface area contributed by atoms with Gasteiger partial charge in [-0.3, -0.25) is 4.57 Å². The normalized spacial score (nSPS) is 10.0. The predicted octanol–water partition coefficient (Wildman–Crippen LogP) is 1.30. The molecule has 2 heterocycles. The fourth-order valence-electron chi connectivity index (χ4n) is 1.65. The fourth-order valence-corrected chi connectivity index (χ4v) is 1.65. The van der Waals surface area contributed by atoms with Crippen LogP contribution in [0.2, 0.25) is 0 Å². The number of para-hydroxylation sites is 1. The van der Waals surface area contributed by atoms with E-state index in [4.69, 9.17) is 15.7 Å². The lowest BCUT2D eigenvalue weighted by Crippen LogP contribution is -2.06. The van der Waals surface area contributed by atoms with Gasteiger partial charge < -0.3 is 10.5 Å². The number of nitrogens with two attached hydrogens (primary N) is 1. The van der Waals surface area contributed by atoms with Gasteiger partial charge >= 0.3 is 6.01 Å². The van der Waals surface area contributed by atoms with Crippen LogP contribution < -0.4 is 10.5 Å². The zero-order valence-corrected chi connectivity index (χ0v) is 10.7. The van der Waals surface area contributed by atoms with Gasteiger partial charge in [-0.15, -0.1) is 0 Å². The van der Waals surface area contributed by atoms with Crippen molar-refractivity contribution in [1.29, 1.82) is 5.26 Å². The number of ether oxygens (including phenoxy) is 1. The van der Waals surface area contributed by atoms with Crippen LogP contribution in [-0.4, -0.2) is 24.5 Å². The van der Waals surface area contributed by atoms with Crippen LogP contribution in [-0.2, 0) is 0 Å². The largest absolute Gasteiger partial charge is 0.423 e. The number of benzene rings is 1. The van der Waals surface area contributed by atoms with E-state index in [1.54, 1.807) is 41.2 Å². The summed E-state index contributed by atoms with van der Waals surface area (Å²) in [5.74, 6) is 0.643. The summed E-state index contributed by atoms with van der Waals surface area (Å²) < 4.78 is 7.09. The second-order valence-electron chi connectivity index (χ2n) is 3.96. The maximum atomic E-state index is 9.04. The van der Waals surface area contributed by atoms with Gasteiger partial charge in [0.1, 0.15) is 18.1 Å². The van der Waals surface area contributed by atoms with E-state index < -0.39 is 0 Å². The number of anilines is 1. The molecule has 0 unspecified atom stereocenters. The summed E-state index contributed by atoms with van der Waals surface area (Å²) >= 11 is 0. The molecule has 0 radical (unpaired) electrons. The van der Waals surface area contributed by atoms with E-state index in [1.165, 1.54) is 6.33 Å². The zero-order valence-electron chi connectivity index (χ0n) is 10.7. The average molecular weight is 279 g/mol. The molecule has 0 spiro atoms. The molecule has 0 saturated heterocycles. The molecule has 0 amide bonds. The molecule has 0 fully saturated rings. The molecular weight excluding hydrogens is 270 g/mol. The van der Waals surface area contributed by atoms with Crippen molar-refractivity contribution in [1.82, 2.24) is 24.5 Å². The molecule has 2 N–H and O–H groups in total. The Hall–Kier alpha value is -3.47. The second-order valence-corrected chi connectivity index (χ2v) is 3.96. The lowest BCUT2D eigenvalue weighted by molar-refractivity contribution is 0.438. The molecule has 0 saturated carbocycles. The van der Waals surface area contributed by atoms with Crippen LogP contribution in [0.3, 0.4) is 0 Å². The molecule has 1 aromatic carbocycles. The van der Waals surface area contributed by atoms with Crippen LogP contribution in [0.1, 0.15) is 5.56 Å². The lowest BCUT2D eigenvalue weighted by atomic mass is 10.2. The summed E-state index contributed by atoms with van der Waals surface area (Å²) in [6, 6.07) is 8.81. The number of rotatable bonds is 3. The van der Waals surface area contributed by atoms with Gasteiger partial charge in [0.2, 0.25) is 11.9 Å². The third-order valence-electron chi connectivity index (χ3n) is 2.56. The number of hydrogen-bond donors (Lipinski definition) is 1. The molecule has 0 bridgehead atoms. The van der Waals surface area contributed by atoms with Crippen LogP contribution >= 0.6 is 0 Å². The maximum absolute atomic E-state index is 9.04. The van der Waals surface area contributed by atoms with E-state index in [0.29, 0.717) is 11.3 Å². The molecule has 8 nitrogen and oxygen atoms in total. The van der Waals surface area contributed by atoms with Crippen molar-refractivity contribution >= 4 is 5.95 Å². The van der Waals surface area contributed by atoms with Crippen LogP contribution in [0.4, 0.5) is 5.95 Å². The van der Waals surface area contributed by atoms with Crippen molar-refractivity contribution in [2.24, 2.45) is 0 Å². The van der Waals surface area contributed by atoms with Crippen LogP contribution in [0.5, 0.6) is 11.8 Å². The van der Waals surface area contributed by atoms with Gasteiger partial charge in [0.25, 0.3) is 0 Å². The van der Waals surface area contributed by atoms with Gasteiger partial charge in [-0.05, 0) is 12.1 Å². The van der Waals surface area contributed by atoms with Crippen molar-refractivity contribution in [3.8, 4) is 23.8 Å². The van der Waals surface area contributed by atoms with E-state index in [9.17, 15) is 0 Å². The number of aromatic nitrogens is 5. The highest BCUT2D eigenvalue weighted by Gasteiger charge is 2.10. The number of imidazole rings is 1. The zero-order chi connectivity index (χ0) is 14.7. The lowest BCUT2D eigenvalue weighted by Gasteiger charge is -2.07. The molecule has 21 heavy (non-hydrogen) atoms. The van der Waals surface area contributed by atoms with Crippen molar-refractivity contribution < 1.29 is 4.74 Å². The summed E-state index contributed by atoms with van der Waals surface area (Å²) in [4.78, 5) is 15.9. The first kappa shape index (κ1) is 12.6. The van der Waals surface area contributed by atoms with Crippen molar-refractivity contribution in [2.45, 2.75) is 0 Å². The Morgan fingerprint density at radius 3 is 2.81 bits per heavy atom. The Bertz CT molecular complexity index is 808. The Morgan fingerprint density at radius 1 is 1.19 bits per heavy atom. The Kier molecular flexibility index (Phi) is 3.15. The number of nitrogen functional groups attached to an aromatic ring is 1. The summed E-state index contributed by atoms with van der Waals surface area (Å²) in [6.45, 7) is 0. The molecule has 3 rings (SSSR count). The van der Waals surface area contributed by atoms with E-state index in [-0.39, 0.29) is 17.9 Å². The van der Waals surface area contributed by atoms with Gasteiger partial charge in [-0.2, -0.15) is 20.2 Å². The summed E-state index contributed by atoms with van der Waals surface area (Å²) in [5, 5.41) is 9.04. The number of hydrogen-bond acceptors (Lipinski definition) is 7. The molecule has 2 aromatic heterocycles. The van der Waals surface area contributed by atoms with E-state index in [1.807, 2.05) is 6.07 Å².